The van der Waals surface area contributed by atoms with E-state index in [9.17, 15) is 9.59 Å². The van der Waals surface area contributed by atoms with Crippen LogP contribution in [-0.4, -0.2) is 54.3 Å². The molecule has 5 nitrogen and oxygen atoms in total. The molecule has 2 amide bonds. The number of halogens is 1. The Morgan fingerprint density at radius 3 is 2.53 bits per heavy atom. The van der Waals surface area contributed by atoms with Gasteiger partial charge < -0.3 is 9.80 Å². The number of aromatic nitrogens is 1. The Kier molecular flexibility index (Phi) is 4.45. The highest BCUT2D eigenvalue weighted by Gasteiger charge is 2.18. The Hall–Kier alpha value is -1.62. The van der Waals surface area contributed by atoms with Crippen molar-refractivity contribution in [3.8, 4) is 0 Å². The summed E-state index contributed by atoms with van der Waals surface area (Å²) in [6, 6.07) is 3.20. The molecule has 1 heterocycles. The number of hydrogen-bond acceptors (Lipinski definition) is 3. The third kappa shape index (κ3) is 3.42. The lowest BCUT2D eigenvalue weighted by molar-refractivity contribution is -0.129. The molecule has 0 fully saturated rings. The summed E-state index contributed by atoms with van der Waals surface area (Å²) in [7, 11) is 4.82. The second-order valence-corrected chi connectivity index (χ2v) is 4.15. The van der Waals surface area contributed by atoms with Gasteiger partial charge in [0.1, 0.15) is 5.15 Å². The Labute approximate surface area is 105 Å². The maximum Gasteiger partial charge on any atom is 0.257 e. The fraction of sp³-hybridized carbons (Fsp3) is 0.364. The summed E-state index contributed by atoms with van der Waals surface area (Å²) in [6.45, 7) is 0.0110. The van der Waals surface area contributed by atoms with Crippen molar-refractivity contribution in [2.45, 2.75) is 0 Å². The molecule has 0 saturated carbocycles. The molecule has 0 saturated heterocycles. The van der Waals surface area contributed by atoms with Gasteiger partial charge in [-0.15, -0.1) is 0 Å². The number of carbonyl (C=O) groups excluding carboxylic acids is 2. The van der Waals surface area contributed by atoms with Crippen molar-refractivity contribution in [3.05, 3.63) is 29.0 Å². The quantitative estimate of drug-likeness (QED) is 0.754. The Bertz CT molecular complexity index is 434. The molecule has 17 heavy (non-hydrogen) atoms. The van der Waals surface area contributed by atoms with Gasteiger partial charge >= 0.3 is 0 Å². The Balaban J connectivity index is 2.77. The maximum absolute atomic E-state index is 12.0. The van der Waals surface area contributed by atoms with Crippen LogP contribution in [0.5, 0.6) is 0 Å². The predicted molar refractivity (Wildman–Crippen MR) is 64.9 cm³/mol. The number of pyridine rings is 1. The third-order valence-electron chi connectivity index (χ3n) is 2.21. The minimum absolute atomic E-state index is 0.0110. The molecule has 0 aromatic carbocycles. The molecule has 1 rings (SSSR count). The van der Waals surface area contributed by atoms with Crippen LogP contribution in [0.2, 0.25) is 5.15 Å². The number of hydrogen-bond donors (Lipinski definition) is 0. The van der Waals surface area contributed by atoms with Gasteiger partial charge in [-0.25, -0.2) is 4.98 Å². The number of nitrogens with zero attached hydrogens (tertiary/aromatic N) is 3. The van der Waals surface area contributed by atoms with Crippen LogP contribution >= 0.6 is 11.6 Å². The monoisotopic (exact) mass is 255 g/mol. The second-order valence-electron chi connectivity index (χ2n) is 3.79. The molecule has 0 atom stereocenters. The molecular weight excluding hydrogens is 242 g/mol. The van der Waals surface area contributed by atoms with Gasteiger partial charge in [-0.2, -0.15) is 0 Å². The van der Waals surface area contributed by atoms with E-state index in [1.54, 1.807) is 33.3 Å². The van der Waals surface area contributed by atoms with Crippen molar-refractivity contribution in [1.29, 1.82) is 0 Å². The lowest BCUT2D eigenvalue weighted by Crippen LogP contribution is -2.37. The number of amides is 2. The van der Waals surface area contributed by atoms with Crippen molar-refractivity contribution in [2.75, 3.05) is 27.7 Å². The first-order valence-corrected chi connectivity index (χ1v) is 5.37. The van der Waals surface area contributed by atoms with Crippen LogP contribution in [0.25, 0.3) is 0 Å². The normalized spacial score (nSPS) is 9.88. The predicted octanol–water partition coefficient (Wildman–Crippen LogP) is 0.895. The second kappa shape index (κ2) is 5.63. The molecule has 0 bridgehead atoms. The SMILES string of the molecule is CN(C)C(=O)CN(C)C(=O)c1cccnc1Cl. The summed E-state index contributed by atoms with van der Waals surface area (Å²) in [4.78, 5) is 30.0. The fourth-order valence-corrected chi connectivity index (χ4v) is 1.37. The highest BCUT2D eigenvalue weighted by Crippen LogP contribution is 2.13. The molecule has 0 N–H and O–H groups in total. The van der Waals surface area contributed by atoms with Crippen molar-refractivity contribution in [3.63, 3.8) is 0 Å². The van der Waals surface area contributed by atoms with Crippen LogP contribution in [0.1, 0.15) is 10.4 Å². The molecule has 0 spiro atoms. The topological polar surface area (TPSA) is 53.5 Å². The van der Waals surface area contributed by atoms with E-state index in [2.05, 4.69) is 4.98 Å². The van der Waals surface area contributed by atoms with Crippen LogP contribution in [-0.2, 0) is 4.79 Å². The highest BCUT2D eigenvalue weighted by atomic mass is 35.5. The molecule has 6 heteroatoms. The largest absolute Gasteiger partial charge is 0.347 e. The fourth-order valence-electron chi connectivity index (χ4n) is 1.17. The van der Waals surface area contributed by atoms with Crippen molar-refractivity contribution < 1.29 is 9.59 Å². The van der Waals surface area contributed by atoms with Crippen LogP contribution in [0.3, 0.4) is 0 Å². The first-order chi connectivity index (χ1) is 7.93. The Morgan fingerprint density at radius 1 is 1.35 bits per heavy atom. The average Bonchev–Trinajstić information content (AvgIpc) is 2.28. The molecule has 1 aromatic heterocycles. The van der Waals surface area contributed by atoms with Gasteiger partial charge in [0.05, 0.1) is 12.1 Å². The molecule has 0 aliphatic rings. The van der Waals surface area contributed by atoms with Crippen LogP contribution in [0.4, 0.5) is 0 Å². The van der Waals surface area contributed by atoms with Gasteiger partial charge in [-0.1, -0.05) is 11.6 Å². The van der Waals surface area contributed by atoms with Crippen molar-refractivity contribution in [2.24, 2.45) is 0 Å². The van der Waals surface area contributed by atoms with Gasteiger partial charge in [0.2, 0.25) is 5.91 Å². The first-order valence-electron chi connectivity index (χ1n) is 4.99. The zero-order valence-electron chi connectivity index (χ0n) is 9.98. The van der Waals surface area contributed by atoms with E-state index in [0.29, 0.717) is 5.56 Å². The van der Waals surface area contributed by atoms with Crippen molar-refractivity contribution in [1.82, 2.24) is 14.8 Å². The third-order valence-corrected chi connectivity index (χ3v) is 2.51. The van der Waals surface area contributed by atoms with E-state index in [0.717, 1.165) is 0 Å². The average molecular weight is 256 g/mol. The number of rotatable bonds is 3. The highest BCUT2D eigenvalue weighted by molar-refractivity contribution is 6.32. The number of likely N-dealkylation sites (N-methyl/N-ethyl adjacent to an activating group) is 2. The van der Waals surface area contributed by atoms with Gasteiger partial charge in [0.15, 0.2) is 0 Å². The zero-order chi connectivity index (χ0) is 13.0. The van der Waals surface area contributed by atoms with Gasteiger partial charge in [0, 0.05) is 27.3 Å². The minimum Gasteiger partial charge on any atom is -0.347 e. The molecule has 0 unspecified atom stereocenters. The lowest BCUT2D eigenvalue weighted by atomic mass is 10.2. The minimum atomic E-state index is -0.321. The van der Waals surface area contributed by atoms with Crippen LogP contribution in [0, 0.1) is 0 Å². The van der Waals surface area contributed by atoms with E-state index in [-0.39, 0.29) is 23.5 Å². The molecule has 92 valence electrons. The molecular formula is C11H14ClN3O2. The molecule has 0 aliphatic heterocycles. The summed E-state index contributed by atoms with van der Waals surface area (Å²) in [5.41, 5.74) is 0.295. The summed E-state index contributed by atoms with van der Waals surface area (Å²) < 4.78 is 0. The Morgan fingerprint density at radius 2 is 2.00 bits per heavy atom. The summed E-state index contributed by atoms with van der Waals surface area (Å²) in [5, 5.41) is 0.140. The van der Waals surface area contributed by atoms with E-state index >= 15 is 0 Å². The first kappa shape index (κ1) is 13.4. The van der Waals surface area contributed by atoms with E-state index in [1.807, 2.05) is 0 Å². The molecule has 0 radical (unpaired) electrons. The smallest absolute Gasteiger partial charge is 0.257 e. The molecule has 0 aliphatic carbocycles. The van der Waals surface area contributed by atoms with Crippen molar-refractivity contribution >= 4 is 23.4 Å². The van der Waals surface area contributed by atoms with Gasteiger partial charge in [-0.3, -0.25) is 9.59 Å². The standard InChI is InChI=1S/C11H14ClN3O2/c1-14(2)9(16)7-15(3)11(17)8-5-4-6-13-10(8)12/h4-6H,7H2,1-3H3. The van der Waals surface area contributed by atoms with E-state index < -0.39 is 0 Å². The molecule has 1 aromatic rings. The maximum atomic E-state index is 12.0. The summed E-state index contributed by atoms with van der Waals surface area (Å²) >= 11 is 5.81. The van der Waals surface area contributed by atoms with Crippen LogP contribution in [0.15, 0.2) is 18.3 Å². The van der Waals surface area contributed by atoms with Gasteiger partial charge in [0.25, 0.3) is 5.91 Å². The number of carbonyl (C=O) groups is 2. The van der Waals surface area contributed by atoms with E-state index in [4.69, 9.17) is 11.6 Å². The zero-order valence-corrected chi connectivity index (χ0v) is 10.7. The summed E-state index contributed by atoms with van der Waals surface area (Å²) in [6.07, 6.45) is 1.50. The lowest BCUT2D eigenvalue weighted by Gasteiger charge is -2.19. The van der Waals surface area contributed by atoms with E-state index in [1.165, 1.54) is 16.0 Å². The van der Waals surface area contributed by atoms with Crippen LogP contribution < -0.4 is 0 Å². The summed E-state index contributed by atoms with van der Waals surface area (Å²) in [5.74, 6) is -0.473. The van der Waals surface area contributed by atoms with Gasteiger partial charge in [-0.05, 0) is 12.1 Å².